The summed E-state index contributed by atoms with van der Waals surface area (Å²) in [4.78, 5) is 32.3. The van der Waals surface area contributed by atoms with Crippen LogP contribution in [-0.2, 0) is 11.3 Å². The van der Waals surface area contributed by atoms with E-state index in [1.165, 1.54) is 11.0 Å². The Morgan fingerprint density at radius 3 is 2.40 bits per heavy atom. The van der Waals surface area contributed by atoms with E-state index in [-0.39, 0.29) is 30.0 Å². The molecule has 0 saturated carbocycles. The van der Waals surface area contributed by atoms with Crippen molar-refractivity contribution in [3.8, 4) is 0 Å². The molecule has 1 rings (SSSR count). The molecule has 108 valence electrons. The summed E-state index contributed by atoms with van der Waals surface area (Å²) in [6.45, 7) is 1.89. The number of benzene rings is 1. The molecular formula is C11H13N3O6. The lowest BCUT2D eigenvalue weighted by Gasteiger charge is -2.17. The first-order chi connectivity index (χ1) is 9.35. The van der Waals surface area contributed by atoms with E-state index in [0.717, 1.165) is 12.1 Å². The number of hydrogen-bond acceptors (Lipinski definition) is 6. The molecule has 1 aromatic carbocycles. The lowest BCUT2D eigenvalue weighted by Crippen LogP contribution is -2.29. The molecule has 9 nitrogen and oxygen atoms in total. The molecule has 0 radical (unpaired) electrons. The predicted molar refractivity (Wildman–Crippen MR) is 68.3 cm³/mol. The van der Waals surface area contributed by atoms with Crippen molar-refractivity contribution < 1.29 is 19.7 Å². The molecule has 0 saturated heterocycles. The maximum atomic E-state index is 10.9. The van der Waals surface area contributed by atoms with Gasteiger partial charge in [-0.3, -0.25) is 29.9 Å². The van der Waals surface area contributed by atoms with E-state index in [4.69, 9.17) is 5.11 Å². The number of nitro benzene ring substituents is 2. The van der Waals surface area contributed by atoms with Gasteiger partial charge in [0.15, 0.2) is 0 Å². The van der Waals surface area contributed by atoms with Gasteiger partial charge >= 0.3 is 5.97 Å². The van der Waals surface area contributed by atoms with E-state index < -0.39 is 15.8 Å². The molecule has 0 aromatic heterocycles. The van der Waals surface area contributed by atoms with Crippen LogP contribution in [0.5, 0.6) is 0 Å². The Labute approximate surface area is 113 Å². The number of nitro groups is 2. The normalized spacial score (nSPS) is 10.5. The first kappa shape index (κ1) is 15.5. The van der Waals surface area contributed by atoms with Gasteiger partial charge in [-0.1, -0.05) is 6.92 Å². The fourth-order valence-corrected chi connectivity index (χ4v) is 1.68. The van der Waals surface area contributed by atoms with Gasteiger partial charge in [0, 0.05) is 18.2 Å². The minimum absolute atomic E-state index is 0.0388. The molecule has 0 amide bonds. The molecule has 0 aliphatic rings. The zero-order valence-corrected chi connectivity index (χ0v) is 10.7. The van der Waals surface area contributed by atoms with Gasteiger partial charge < -0.3 is 5.11 Å². The molecule has 20 heavy (non-hydrogen) atoms. The number of rotatable bonds is 7. The fraction of sp³-hybridized carbons (Fsp3) is 0.364. The Hall–Kier alpha value is -2.55. The van der Waals surface area contributed by atoms with Crippen LogP contribution in [0.1, 0.15) is 12.5 Å². The third-order valence-corrected chi connectivity index (χ3v) is 2.68. The molecule has 0 fully saturated rings. The average molecular weight is 283 g/mol. The highest BCUT2D eigenvalue weighted by Gasteiger charge is 2.21. The topological polar surface area (TPSA) is 127 Å². The molecule has 1 N–H and O–H groups in total. The van der Waals surface area contributed by atoms with E-state index in [2.05, 4.69) is 0 Å². The van der Waals surface area contributed by atoms with Crippen molar-refractivity contribution >= 4 is 17.3 Å². The molecule has 0 unspecified atom stereocenters. The molecular weight excluding hydrogens is 270 g/mol. The highest BCUT2D eigenvalue weighted by molar-refractivity contribution is 5.69. The lowest BCUT2D eigenvalue weighted by molar-refractivity contribution is -0.394. The molecule has 9 heteroatoms. The van der Waals surface area contributed by atoms with Gasteiger partial charge in [-0.05, 0) is 12.6 Å². The summed E-state index contributed by atoms with van der Waals surface area (Å²) >= 11 is 0. The summed E-state index contributed by atoms with van der Waals surface area (Å²) in [5.41, 5.74) is -0.520. The monoisotopic (exact) mass is 283 g/mol. The van der Waals surface area contributed by atoms with Crippen molar-refractivity contribution in [3.05, 3.63) is 44.0 Å². The van der Waals surface area contributed by atoms with Gasteiger partial charge in [0.25, 0.3) is 11.4 Å². The zero-order valence-electron chi connectivity index (χ0n) is 10.7. The Morgan fingerprint density at radius 2 is 1.95 bits per heavy atom. The van der Waals surface area contributed by atoms with Gasteiger partial charge in [-0.15, -0.1) is 0 Å². The van der Waals surface area contributed by atoms with Crippen LogP contribution in [0, 0.1) is 20.2 Å². The molecule has 0 spiro atoms. The first-order valence-electron chi connectivity index (χ1n) is 5.71. The minimum Gasteiger partial charge on any atom is -0.480 e. The van der Waals surface area contributed by atoms with Gasteiger partial charge in [0.1, 0.15) is 0 Å². The lowest BCUT2D eigenvalue weighted by atomic mass is 10.1. The molecule has 0 heterocycles. The second kappa shape index (κ2) is 6.57. The van der Waals surface area contributed by atoms with Crippen molar-refractivity contribution in [1.29, 1.82) is 0 Å². The van der Waals surface area contributed by atoms with Crippen molar-refractivity contribution in [2.24, 2.45) is 0 Å². The highest BCUT2D eigenvalue weighted by Crippen LogP contribution is 2.25. The van der Waals surface area contributed by atoms with E-state index in [0.29, 0.717) is 6.54 Å². The fourth-order valence-electron chi connectivity index (χ4n) is 1.68. The number of likely N-dealkylation sites (N-methyl/N-ethyl adjacent to an activating group) is 1. The Kier molecular flexibility index (Phi) is 5.09. The van der Waals surface area contributed by atoms with Gasteiger partial charge in [0.2, 0.25) is 0 Å². The number of aliphatic carboxylic acids is 1. The van der Waals surface area contributed by atoms with Crippen LogP contribution in [0.2, 0.25) is 0 Å². The number of non-ortho nitro benzene ring substituents is 1. The summed E-state index contributed by atoms with van der Waals surface area (Å²) < 4.78 is 0. The summed E-state index contributed by atoms with van der Waals surface area (Å²) in [6, 6.07) is 3.32. The maximum absolute atomic E-state index is 10.9. The van der Waals surface area contributed by atoms with E-state index in [1.807, 2.05) is 0 Å². The summed E-state index contributed by atoms with van der Waals surface area (Å²) in [5.74, 6) is -1.04. The number of hydrogen-bond donors (Lipinski definition) is 1. The van der Waals surface area contributed by atoms with Crippen molar-refractivity contribution in [3.63, 3.8) is 0 Å². The van der Waals surface area contributed by atoms with Crippen LogP contribution in [0.4, 0.5) is 11.4 Å². The smallest absolute Gasteiger partial charge is 0.317 e. The van der Waals surface area contributed by atoms with E-state index in [9.17, 15) is 25.0 Å². The third kappa shape index (κ3) is 3.99. The Balaban J connectivity index is 3.07. The van der Waals surface area contributed by atoms with E-state index >= 15 is 0 Å². The molecule has 0 bridgehead atoms. The molecule has 0 atom stereocenters. The standard InChI is InChI=1S/C11H13N3O6/c1-2-12(7-11(15)16)6-8-3-4-9(13(17)18)5-10(8)14(19)20/h3-5H,2,6-7H2,1H3,(H,15,16). The molecule has 0 aliphatic carbocycles. The van der Waals surface area contributed by atoms with Crippen LogP contribution in [0.3, 0.4) is 0 Å². The van der Waals surface area contributed by atoms with Gasteiger partial charge in [-0.25, -0.2) is 0 Å². The van der Waals surface area contributed by atoms with Gasteiger partial charge in [0.05, 0.1) is 22.5 Å². The van der Waals surface area contributed by atoms with Crippen molar-refractivity contribution in [2.75, 3.05) is 13.1 Å². The number of carbonyl (C=O) groups is 1. The highest BCUT2D eigenvalue weighted by atomic mass is 16.6. The van der Waals surface area contributed by atoms with Crippen LogP contribution < -0.4 is 0 Å². The number of carboxylic acids is 1. The average Bonchev–Trinajstić information content (AvgIpc) is 2.37. The van der Waals surface area contributed by atoms with Crippen LogP contribution in [0.15, 0.2) is 18.2 Å². The second-order valence-electron chi connectivity index (χ2n) is 4.02. The largest absolute Gasteiger partial charge is 0.480 e. The Morgan fingerprint density at radius 1 is 1.30 bits per heavy atom. The van der Waals surface area contributed by atoms with Crippen molar-refractivity contribution in [2.45, 2.75) is 13.5 Å². The third-order valence-electron chi connectivity index (χ3n) is 2.68. The summed E-state index contributed by atoms with van der Waals surface area (Å²) in [5, 5.41) is 30.3. The molecule has 0 aliphatic heterocycles. The first-order valence-corrected chi connectivity index (χ1v) is 5.71. The quantitative estimate of drug-likeness (QED) is 0.591. The predicted octanol–water partition coefficient (Wildman–Crippen LogP) is 1.41. The van der Waals surface area contributed by atoms with Gasteiger partial charge in [-0.2, -0.15) is 0 Å². The maximum Gasteiger partial charge on any atom is 0.317 e. The van der Waals surface area contributed by atoms with Crippen LogP contribution in [-0.4, -0.2) is 38.9 Å². The number of nitrogens with zero attached hydrogens (tertiary/aromatic N) is 3. The summed E-state index contributed by atoms with van der Waals surface area (Å²) in [6.07, 6.45) is 0. The Bertz CT molecular complexity index is 545. The summed E-state index contributed by atoms with van der Waals surface area (Å²) in [7, 11) is 0. The van der Waals surface area contributed by atoms with E-state index in [1.54, 1.807) is 6.92 Å². The van der Waals surface area contributed by atoms with Crippen LogP contribution >= 0.6 is 0 Å². The SMILES string of the molecule is CCN(CC(=O)O)Cc1ccc([N+](=O)[O-])cc1[N+](=O)[O-]. The second-order valence-corrected chi connectivity index (χ2v) is 4.02. The number of carboxylic acid groups (broad SMARTS) is 1. The minimum atomic E-state index is -1.04. The zero-order chi connectivity index (χ0) is 15.3. The van der Waals surface area contributed by atoms with Crippen LogP contribution in [0.25, 0.3) is 0 Å². The molecule has 1 aromatic rings. The van der Waals surface area contributed by atoms with Crippen molar-refractivity contribution in [1.82, 2.24) is 4.90 Å².